The number of amides is 1. The quantitative estimate of drug-likeness (QED) is 0.713. The zero-order valence-corrected chi connectivity index (χ0v) is 7.45. The summed E-state index contributed by atoms with van der Waals surface area (Å²) in [7, 11) is 0. The number of anilines is 1. The van der Waals surface area contributed by atoms with Crippen LogP contribution in [0.1, 0.15) is 10.4 Å². The number of aromatic carboxylic acids is 1. The summed E-state index contributed by atoms with van der Waals surface area (Å²) in [5.74, 6) is -1.25. The van der Waals surface area contributed by atoms with Gasteiger partial charge in [-0.1, -0.05) is 0 Å². The topological polar surface area (TPSA) is 66.4 Å². The van der Waals surface area contributed by atoms with Gasteiger partial charge in [0.1, 0.15) is 5.82 Å². The third-order valence-corrected chi connectivity index (χ3v) is 1.59. The van der Waals surface area contributed by atoms with Crippen molar-refractivity contribution >= 4 is 17.6 Å². The predicted octanol–water partition coefficient (Wildman–Crippen LogP) is 1.10. The van der Waals surface area contributed by atoms with Gasteiger partial charge in [0.2, 0.25) is 0 Å². The Hall–Kier alpha value is -2.35. The lowest BCUT2D eigenvalue weighted by atomic mass is 10.2. The van der Waals surface area contributed by atoms with E-state index in [0.29, 0.717) is 0 Å². The van der Waals surface area contributed by atoms with Crippen LogP contribution in [0.2, 0.25) is 0 Å². The summed E-state index contributed by atoms with van der Waals surface area (Å²) >= 11 is 0. The zero-order valence-electron chi connectivity index (χ0n) is 7.45. The van der Waals surface area contributed by atoms with Gasteiger partial charge in [0, 0.05) is 5.69 Å². The molecule has 0 aromatic heterocycles. The van der Waals surface area contributed by atoms with Gasteiger partial charge in [-0.3, -0.25) is 4.79 Å². The summed E-state index contributed by atoms with van der Waals surface area (Å²) in [5.41, 5.74) is -0.353. The molecule has 5 heteroatoms. The molecule has 0 radical (unpaired) electrons. The highest BCUT2D eigenvalue weighted by Gasteiger charge is 2.10. The van der Waals surface area contributed by atoms with E-state index in [2.05, 4.69) is 5.32 Å². The molecule has 1 amide bonds. The van der Waals surface area contributed by atoms with Gasteiger partial charge in [0.15, 0.2) is 0 Å². The normalized spacial score (nSPS) is 9.07. The number of hydrogen-bond donors (Lipinski definition) is 2. The molecule has 1 aromatic rings. The predicted molar refractivity (Wildman–Crippen MR) is 50.8 cm³/mol. The fourth-order valence-corrected chi connectivity index (χ4v) is 0.933. The Morgan fingerprint density at radius 1 is 1.47 bits per heavy atom. The first-order valence-electron chi connectivity index (χ1n) is 3.85. The minimum atomic E-state index is -1.37. The lowest BCUT2D eigenvalue weighted by Gasteiger charge is -2.02. The molecule has 0 heterocycles. The van der Waals surface area contributed by atoms with Crippen molar-refractivity contribution in [2.45, 2.75) is 0 Å². The number of carbonyl (C=O) groups excluding carboxylic acids is 1. The molecule has 0 aliphatic rings. The Kier molecular flexibility index (Phi) is 3.03. The van der Waals surface area contributed by atoms with E-state index in [1.54, 1.807) is 5.92 Å². The van der Waals surface area contributed by atoms with E-state index in [1.165, 1.54) is 6.07 Å². The third-order valence-electron chi connectivity index (χ3n) is 1.59. The van der Waals surface area contributed by atoms with Gasteiger partial charge in [-0.2, -0.15) is 0 Å². The minimum Gasteiger partial charge on any atom is -0.478 e. The number of nitrogens with one attached hydrogen (secondary N) is 1. The molecule has 0 fully saturated rings. The first-order valence-corrected chi connectivity index (χ1v) is 3.85. The van der Waals surface area contributed by atoms with E-state index < -0.39 is 23.3 Å². The number of terminal acetylenes is 1. The van der Waals surface area contributed by atoms with Crippen LogP contribution in [-0.4, -0.2) is 17.0 Å². The molecule has 76 valence electrons. The largest absolute Gasteiger partial charge is 0.478 e. The van der Waals surface area contributed by atoms with Crippen molar-refractivity contribution in [2.24, 2.45) is 0 Å². The first kappa shape index (κ1) is 10.7. The van der Waals surface area contributed by atoms with Crippen molar-refractivity contribution in [3.8, 4) is 12.3 Å². The van der Waals surface area contributed by atoms with Crippen LogP contribution in [0.25, 0.3) is 0 Å². The van der Waals surface area contributed by atoms with Crippen LogP contribution in [0.5, 0.6) is 0 Å². The Balaban J connectivity index is 2.98. The number of hydrogen-bond acceptors (Lipinski definition) is 2. The van der Waals surface area contributed by atoms with Crippen molar-refractivity contribution in [1.29, 1.82) is 0 Å². The number of benzene rings is 1. The second-order valence-corrected chi connectivity index (χ2v) is 2.60. The summed E-state index contributed by atoms with van der Waals surface area (Å²) < 4.78 is 13.1. The maximum atomic E-state index is 13.1. The fraction of sp³-hybridized carbons (Fsp3) is 0. The van der Waals surface area contributed by atoms with Crippen molar-refractivity contribution in [3.63, 3.8) is 0 Å². The Morgan fingerprint density at radius 3 is 2.60 bits per heavy atom. The molecule has 0 bridgehead atoms. The lowest BCUT2D eigenvalue weighted by Crippen LogP contribution is -2.09. The maximum Gasteiger partial charge on any atom is 0.338 e. The summed E-state index contributed by atoms with van der Waals surface area (Å²) in [6, 6.07) is 3.18. The maximum absolute atomic E-state index is 13.1. The van der Waals surface area contributed by atoms with Crippen LogP contribution in [0.3, 0.4) is 0 Å². The molecule has 4 nitrogen and oxygen atoms in total. The summed E-state index contributed by atoms with van der Waals surface area (Å²) in [6.07, 6.45) is 4.79. The Bertz CT molecular complexity index is 462. The van der Waals surface area contributed by atoms with Crippen molar-refractivity contribution in [2.75, 3.05) is 5.32 Å². The van der Waals surface area contributed by atoms with Crippen molar-refractivity contribution in [1.82, 2.24) is 0 Å². The molecule has 2 N–H and O–H groups in total. The van der Waals surface area contributed by atoms with Gasteiger partial charge in [-0.25, -0.2) is 9.18 Å². The van der Waals surface area contributed by atoms with Gasteiger partial charge in [0.05, 0.1) is 5.56 Å². The summed E-state index contributed by atoms with van der Waals surface area (Å²) in [4.78, 5) is 21.2. The van der Waals surface area contributed by atoms with E-state index >= 15 is 0 Å². The highest BCUT2D eigenvalue weighted by atomic mass is 19.1. The smallest absolute Gasteiger partial charge is 0.338 e. The van der Waals surface area contributed by atoms with Gasteiger partial charge in [0.25, 0.3) is 5.91 Å². The number of carbonyl (C=O) groups is 2. The SMILES string of the molecule is C#CC(=O)Nc1ccc(C(=O)O)c(F)c1. The number of carboxylic acids is 1. The second kappa shape index (κ2) is 4.24. The monoisotopic (exact) mass is 207 g/mol. The molecule has 15 heavy (non-hydrogen) atoms. The van der Waals surface area contributed by atoms with E-state index in [4.69, 9.17) is 11.5 Å². The second-order valence-electron chi connectivity index (χ2n) is 2.60. The summed E-state index contributed by atoms with van der Waals surface area (Å²) in [6.45, 7) is 0. The molecule has 0 saturated heterocycles. The van der Waals surface area contributed by atoms with Crippen LogP contribution >= 0.6 is 0 Å². The van der Waals surface area contributed by atoms with E-state index in [-0.39, 0.29) is 5.69 Å². The van der Waals surface area contributed by atoms with Crippen LogP contribution in [-0.2, 0) is 4.79 Å². The highest BCUT2D eigenvalue weighted by Crippen LogP contribution is 2.14. The number of rotatable bonds is 2. The molecule has 0 unspecified atom stereocenters. The van der Waals surface area contributed by atoms with Crippen LogP contribution in [0.4, 0.5) is 10.1 Å². The van der Waals surface area contributed by atoms with Crippen molar-refractivity contribution < 1.29 is 19.1 Å². The fourth-order valence-electron chi connectivity index (χ4n) is 0.933. The average molecular weight is 207 g/mol. The molecular weight excluding hydrogens is 201 g/mol. The van der Waals surface area contributed by atoms with Gasteiger partial charge in [-0.05, 0) is 24.1 Å². The van der Waals surface area contributed by atoms with Crippen LogP contribution < -0.4 is 5.32 Å². The minimum absolute atomic E-state index is 0.112. The molecule has 0 aliphatic heterocycles. The molecule has 0 saturated carbocycles. The van der Waals surface area contributed by atoms with Gasteiger partial charge >= 0.3 is 5.97 Å². The van der Waals surface area contributed by atoms with Gasteiger partial charge < -0.3 is 10.4 Å². The van der Waals surface area contributed by atoms with E-state index in [0.717, 1.165) is 12.1 Å². The lowest BCUT2D eigenvalue weighted by molar-refractivity contribution is -0.111. The Morgan fingerprint density at radius 2 is 2.13 bits per heavy atom. The summed E-state index contributed by atoms with van der Waals surface area (Å²) in [5, 5.41) is 10.7. The Labute approximate surface area is 84.7 Å². The van der Waals surface area contributed by atoms with Crippen molar-refractivity contribution in [3.05, 3.63) is 29.6 Å². The zero-order chi connectivity index (χ0) is 11.4. The number of halogens is 1. The molecule has 0 aliphatic carbocycles. The van der Waals surface area contributed by atoms with Crippen LogP contribution in [0, 0.1) is 18.2 Å². The van der Waals surface area contributed by atoms with Gasteiger partial charge in [-0.15, -0.1) is 6.42 Å². The first-order chi connectivity index (χ1) is 7.04. The molecule has 0 spiro atoms. The van der Waals surface area contributed by atoms with E-state index in [1.807, 2.05) is 0 Å². The molecule has 1 aromatic carbocycles. The molecule has 0 atom stereocenters. The molecular formula is C10H6FNO3. The third kappa shape index (κ3) is 2.54. The highest BCUT2D eigenvalue weighted by molar-refractivity contribution is 6.03. The van der Waals surface area contributed by atoms with E-state index in [9.17, 15) is 14.0 Å². The standard InChI is InChI=1S/C10H6FNO3/c1-2-9(13)12-6-3-4-7(10(14)15)8(11)5-6/h1,3-5H,(H,12,13)(H,14,15). The van der Waals surface area contributed by atoms with Crippen LogP contribution in [0.15, 0.2) is 18.2 Å². The molecule has 1 rings (SSSR count). The number of carboxylic acid groups (broad SMARTS) is 1. The average Bonchev–Trinajstić information content (AvgIpc) is 2.17.